The normalized spacial score (nSPS) is 10.3. The molecule has 0 radical (unpaired) electrons. The Kier molecular flexibility index (Phi) is 26.9. The quantitative estimate of drug-likeness (QED) is 0.0501. The van der Waals surface area contributed by atoms with Crippen molar-refractivity contribution < 1.29 is 39.0 Å². The molecule has 0 aliphatic rings. The van der Waals surface area contributed by atoms with Crippen molar-refractivity contribution in [2.24, 2.45) is 0 Å². The van der Waals surface area contributed by atoms with Gasteiger partial charge < -0.3 is 39.0 Å². The van der Waals surface area contributed by atoms with Crippen LogP contribution in [0.25, 0.3) is 33.4 Å². The van der Waals surface area contributed by atoms with Crippen molar-refractivity contribution >= 4 is 15.9 Å². The minimum Gasteiger partial charge on any atom is -0.508 e. The van der Waals surface area contributed by atoms with Crippen LogP contribution in [0, 0.1) is 0 Å². The SMILES string of the molecule is C=COCC.CCCBr.CCCOc1ccc(-c2ccc(O)cc2)cc1.CCCOc1ccc(-c2ccc(OC(C)OCC)cc2)cc1.Oc1ccc(-c2ccc(O)cc2)cc1. The molecule has 0 bridgehead atoms. The largest absolute Gasteiger partial charge is 0.508 e. The Balaban J connectivity index is 0.000000296. The molecular weight excluding hydrogens is 844 g/mol. The van der Waals surface area contributed by atoms with Crippen molar-refractivity contribution in [1.82, 2.24) is 0 Å². The molecule has 0 saturated heterocycles. The van der Waals surface area contributed by atoms with Gasteiger partial charge in [0.05, 0.1) is 26.1 Å². The van der Waals surface area contributed by atoms with Gasteiger partial charge in [0.25, 0.3) is 0 Å². The van der Waals surface area contributed by atoms with Crippen molar-refractivity contribution in [3.05, 3.63) is 158 Å². The molecule has 0 amide bonds. The van der Waals surface area contributed by atoms with Crippen molar-refractivity contribution in [3.63, 3.8) is 0 Å². The van der Waals surface area contributed by atoms with E-state index >= 15 is 0 Å². The minimum atomic E-state index is -0.231. The zero-order chi connectivity index (χ0) is 45.4. The highest BCUT2D eigenvalue weighted by atomic mass is 79.9. The molecule has 62 heavy (non-hydrogen) atoms. The number of hydrogen-bond donors (Lipinski definition) is 3. The Morgan fingerprint density at radius 2 is 0.758 bits per heavy atom. The maximum atomic E-state index is 9.22. The van der Waals surface area contributed by atoms with Crippen molar-refractivity contribution in [1.29, 1.82) is 0 Å². The highest BCUT2D eigenvalue weighted by Crippen LogP contribution is 2.27. The predicted molar refractivity (Wildman–Crippen MR) is 260 cm³/mol. The van der Waals surface area contributed by atoms with E-state index in [-0.39, 0.29) is 23.5 Å². The maximum Gasteiger partial charge on any atom is 0.196 e. The van der Waals surface area contributed by atoms with Crippen molar-refractivity contribution in [3.8, 4) is 67.9 Å². The average Bonchev–Trinajstić information content (AvgIpc) is 3.30. The molecule has 1 atom stereocenters. The number of rotatable bonds is 16. The van der Waals surface area contributed by atoms with Gasteiger partial charge in [-0.1, -0.05) is 116 Å². The first-order chi connectivity index (χ1) is 30.1. The van der Waals surface area contributed by atoms with E-state index in [1.54, 1.807) is 36.4 Å². The number of halogens is 1. The summed E-state index contributed by atoms with van der Waals surface area (Å²) in [4.78, 5) is 0. The Morgan fingerprint density at radius 3 is 0.984 bits per heavy atom. The van der Waals surface area contributed by atoms with E-state index in [1.807, 2.05) is 106 Å². The van der Waals surface area contributed by atoms with Crippen LogP contribution in [0.5, 0.6) is 34.5 Å². The second-order valence-corrected chi connectivity index (χ2v) is 14.2. The fourth-order valence-corrected chi connectivity index (χ4v) is 5.19. The molecule has 1 unspecified atom stereocenters. The lowest BCUT2D eigenvalue weighted by Crippen LogP contribution is -2.15. The standard InChI is InChI=1S/C19H24O3.C15H16O2.C12H10O2.C4H8O.C3H7Br/c1-4-14-21-18-10-6-16(7-11-18)17-8-12-19(13-9-17)22-15(3)20-5-2;1-2-11-17-15-9-5-13(6-10-15)12-3-7-14(16)8-4-12;13-11-5-1-9(2-6-11)10-3-7-12(14)8-4-10;1-3-5-4-2;1-2-3-4/h6-13,15H,4-5,14H2,1-3H3;3-10,16H,2,11H2,1H3;1-8,13-14H;3H,1,4H2,2H3;2-3H2,1H3. The zero-order valence-corrected chi connectivity index (χ0v) is 38.7. The van der Waals surface area contributed by atoms with Gasteiger partial charge in [-0.15, -0.1) is 0 Å². The van der Waals surface area contributed by atoms with Crippen LogP contribution in [0.4, 0.5) is 0 Å². The second-order valence-electron chi connectivity index (χ2n) is 13.4. The molecule has 0 aliphatic carbocycles. The second kappa shape index (κ2) is 31.9. The molecule has 6 aromatic carbocycles. The molecule has 0 spiro atoms. The molecular formula is C53H65BrO8. The lowest BCUT2D eigenvalue weighted by Gasteiger charge is -2.14. The number of benzene rings is 6. The van der Waals surface area contributed by atoms with Crippen molar-refractivity contribution in [2.45, 2.75) is 67.1 Å². The Hall–Kier alpha value is -5.90. The fraction of sp³-hybridized carbons (Fsp3) is 0.283. The van der Waals surface area contributed by atoms with Crippen LogP contribution >= 0.6 is 15.9 Å². The predicted octanol–water partition coefficient (Wildman–Crippen LogP) is 14.5. The topological polar surface area (TPSA) is 107 Å². The summed E-state index contributed by atoms with van der Waals surface area (Å²) in [5, 5.41) is 28.6. The highest BCUT2D eigenvalue weighted by Gasteiger charge is 2.05. The molecule has 0 aliphatic heterocycles. The molecule has 8 nitrogen and oxygen atoms in total. The molecule has 3 N–H and O–H groups in total. The van der Waals surface area contributed by atoms with Crippen molar-refractivity contribution in [2.75, 3.05) is 31.8 Å². The van der Waals surface area contributed by atoms with Gasteiger partial charge in [-0.2, -0.15) is 0 Å². The molecule has 6 rings (SSSR count). The van der Waals surface area contributed by atoms with E-state index in [0.717, 1.165) is 88.6 Å². The zero-order valence-electron chi connectivity index (χ0n) is 37.1. The average molecular weight is 910 g/mol. The summed E-state index contributed by atoms with van der Waals surface area (Å²) in [6, 6.07) is 45.3. The summed E-state index contributed by atoms with van der Waals surface area (Å²) >= 11 is 3.25. The van der Waals surface area contributed by atoms with Gasteiger partial charge in [0, 0.05) is 11.9 Å². The van der Waals surface area contributed by atoms with Crippen LogP contribution in [0.1, 0.15) is 60.8 Å². The van der Waals surface area contributed by atoms with Crippen LogP contribution in [0.15, 0.2) is 158 Å². The monoisotopic (exact) mass is 908 g/mol. The smallest absolute Gasteiger partial charge is 0.196 e. The number of phenols is 3. The molecule has 0 heterocycles. The van der Waals surface area contributed by atoms with Gasteiger partial charge in [0.2, 0.25) is 0 Å². The summed E-state index contributed by atoms with van der Waals surface area (Å²) in [6.07, 6.45) is 4.47. The molecule has 9 heteroatoms. The van der Waals surface area contributed by atoms with Gasteiger partial charge >= 0.3 is 0 Å². The first-order valence-electron chi connectivity index (χ1n) is 21.1. The van der Waals surface area contributed by atoms with E-state index < -0.39 is 0 Å². The van der Waals surface area contributed by atoms with Crippen LogP contribution in [-0.4, -0.2) is 53.4 Å². The van der Waals surface area contributed by atoms with Gasteiger partial charge in [-0.3, -0.25) is 0 Å². The van der Waals surface area contributed by atoms with Gasteiger partial charge in [-0.25, -0.2) is 0 Å². The molecule has 0 aromatic heterocycles. The van der Waals surface area contributed by atoms with Crippen LogP contribution < -0.4 is 14.2 Å². The van der Waals surface area contributed by atoms with E-state index in [0.29, 0.717) is 6.61 Å². The Bertz CT molecular complexity index is 1950. The Morgan fingerprint density at radius 1 is 0.468 bits per heavy atom. The number of phenolic OH excluding ortho intramolecular Hbond substituents is 3. The van der Waals surface area contributed by atoms with E-state index in [4.69, 9.17) is 29.2 Å². The first kappa shape index (κ1) is 52.2. The summed E-state index contributed by atoms with van der Waals surface area (Å²) in [7, 11) is 0. The summed E-state index contributed by atoms with van der Waals surface area (Å²) in [5.41, 5.74) is 6.55. The molecule has 332 valence electrons. The van der Waals surface area contributed by atoms with E-state index in [1.165, 1.54) is 12.7 Å². The maximum absolute atomic E-state index is 9.22. The number of hydrogen-bond acceptors (Lipinski definition) is 8. The lowest BCUT2D eigenvalue weighted by molar-refractivity contribution is -0.0613. The third-order valence-corrected chi connectivity index (χ3v) is 9.08. The fourth-order valence-electron chi connectivity index (χ4n) is 5.19. The van der Waals surface area contributed by atoms with Crippen LogP contribution in [0.3, 0.4) is 0 Å². The third kappa shape index (κ3) is 21.6. The van der Waals surface area contributed by atoms with Gasteiger partial charge in [0.15, 0.2) is 6.29 Å². The summed E-state index contributed by atoms with van der Waals surface area (Å²) in [6.45, 7) is 18.3. The van der Waals surface area contributed by atoms with E-state index in [9.17, 15) is 5.11 Å². The van der Waals surface area contributed by atoms with Crippen LogP contribution in [-0.2, 0) is 9.47 Å². The minimum absolute atomic E-state index is 0.231. The van der Waals surface area contributed by atoms with Gasteiger partial charge in [-0.05, 0) is 146 Å². The summed E-state index contributed by atoms with van der Waals surface area (Å²) < 4.78 is 26.8. The molecule has 0 saturated carbocycles. The van der Waals surface area contributed by atoms with Crippen LogP contribution in [0.2, 0.25) is 0 Å². The molecule has 6 aromatic rings. The molecule has 0 fully saturated rings. The lowest BCUT2D eigenvalue weighted by atomic mass is 10.1. The highest BCUT2D eigenvalue weighted by molar-refractivity contribution is 9.09. The van der Waals surface area contributed by atoms with E-state index in [2.05, 4.69) is 72.3 Å². The number of alkyl halides is 1. The number of aromatic hydroxyl groups is 3. The Labute approximate surface area is 378 Å². The third-order valence-electron chi connectivity index (χ3n) is 8.29. The first-order valence-corrected chi connectivity index (χ1v) is 22.2. The number of ether oxygens (including phenoxy) is 5. The van der Waals surface area contributed by atoms with Gasteiger partial charge in [0.1, 0.15) is 34.5 Å². The summed E-state index contributed by atoms with van der Waals surface area (Å²) in [5.74, 6) is 3.43.